The van der Waals surface area contributed by atoms with Crippen LogP contribution < -0.4 is 10.6 Å². The van der Waals surface area contributed by atoms with Gasteiger partial charge in [-0.15, -0.1) is 0 Å². The molecule has 138 valence electrons. The van der Waals surface area contributed by atoms with Gasteiger partial charge in [0.25, 0.3) is 5.91 Å². The number of nitrogens with one attached hydrogen (secondary N) is 2. The maximum absolute atomic E-state index is 12.3. The molecule has 2 rings (SSSR count). The Morgan fingerprint density at radius 1 is 1.24 bits per heavy atom. The summed E-state index contributed by atoms with van der Waals surface area (Å²) in [6, 6.07) is 6.48. The first-order valence-electron chi connectivity index (χ1n) is 8.56. The summed E-state index contributed by atoms with van der Waals surface area (Å²) in [5.41, 5.74) is 0.566. The standard InChI is InChI=1S/C18H27N3O4/c1-18(9-12-22,13-25-2)20-17(24)19-15-7-5-14(6-8-15)16(23)21-10-3-4-11-21/h5-8,22H,3-4,9-13H2,1-2H3,(H2,19,20,24)/t18-/m0/s1. The summed E-state index contributed by atoms with van der Waals surface area (Å²) < 4.78 is 5.11. The zero-order chi connectivity index (χ0) is 18.3. The molecule has 7 nitrogen and oxygen atoms in total. The fourth-order valence-electron chi connectivity index (χ4n) is 2.97. The summed E-state index contributed by atoms with van der Waals surface area (Å²) in [7, 11) is 1.55. The Kier molecular flexibility index (Phi) is 6.78. The van der Waals surface area contributed by atoms with Crippen molar-refractivity contribution < 1.29 is 19.4 Å². The van der Waals surface area contributed by atoms with E-state index in [9.17, 15) is 9.59 Å². The number of anilines is 1. The van der Waals surface area contributed by atoms with Crippen LogP contribution in [0, 0.1) is 0 Å². The van der Waals surface area contributed by atoms with Gasteiger partial charge in [-0.2, -0.15) is 0 Å². The van der Waals surface area contributed by atoms with E-state index in [1.807, 2.05) is 11.8 Å². The van der Waals surface area contributed by atoms with E-state index in [2.05, 4.69) is 10.6 Å². The van der Waals surface area contributed by atoms with Crippen LogP contribution in [0.2, 0.25) is 0 Å². The molecule has 0 spiro atoms. The van der Waals surface area contributed by atoms with Gasteiger partial charge >= 0.3 is 6.03 Å². The van der Waals surface area contributed by atoms with Gasteiger partial charge in [-0.05, 0) is 50.5 Å². The summed E-state index contributed by atoms with van der Waals surface area (Å²) in [5, 5.41) is 14.7. The Hall–Kier alpha value is -2.12. The number of urea groups is 1. The van der Waals surface area contributed by atoms with Gasteiger partial charge in [0, 0.05) is 38.1 Å². The number of rotatable bonds is 7. The summed E-state index contributed by atoms with van der Waals surface area (Å²) in [6.07, 6.45) is 2.50. The molecule has 1 aliphatic rings. The van der Waals surface area contributed by atoms with E-state index < -0.39 is 5.54 Å². The summed E-state index contributed by atoms with van der Waals surface area (Å²) in [6.45, 7) is 3.68. The maximum atomic E-state index is 12.3. The lowest BCUT2D eigenvalue weighted by atomic mass is 10.00. The van der Waals surface area contributed by atoms with Crippen LogP contribution in [-0.4, -0.2) is 60.9 Å². The third kappa shape index (κ3) is 5.44. The Morgan fingerprint density at radius 3 is 2.44 bits per heavy atom. The van der Waals surface area contributed by atoms with Gasteiger partial charge in [-0.1, -0.05) is 0 Å². The number of ether oxygens (including phenoxy) is 1. The highest BCUT2D eigenvalue weighted by molar-refractivity contribution is 5.95. The van der Waals surface area contributed by atoms with Crippen molar-refractivity contribution >= 4 is 17.6 Å². The van der Waals surface area contributed by atoms with Crippen molar-refractivity contribution in [3.63, 3.8) is 0 Å². The number of aliphatic hydroxyl groups excluding tert-OH is 1. The van der Waals surface area contributed by atoms with Crippen molar-refractivity contribution in [2.24, 2.45) is 0 Å². The van der Waals surface area contributed by atoms with Crippen molar-refractivity contribution in [3.8, 4) is 0 Å². The molecule has 0 bridgehead atoms. The van der Waals surface area contributed by atoms with Crippen LogP contribution in [0.3, 0.4) is 0 Å². The van der Waals surface area contributed by atoms with Gasteiger partial charge in [0.1, 0.15) is 0 Å². The van der Waals surface area contributed by atoms with Crippen molar-refractivity contribution in [2.75, 3.05) is 38.7 Å². The maximum Gasteiger partial charge on any atom is 0.319 e. The third-order valence-corrected chi connectivity index (χ3v) is 4.32. The van der Waals surface area contributed by atoms with Crippen LogP contribution >= 0.6 is 0 Å². The van der Waals surface area contributed by atoms with Crippen molar-refractivity contribution in [2.45, 2.75) is 31.7 Å². The molecular formula is C18H27N3O4. The lowest BCUT2D eigenvalue weighted by Crippen LogP contribution is -2.51. The predicted molar refractivity (Wildman–Crippen MR) is 95.7 cm³/mol. The fraction of sp³-hybridized carbons (Fsp3) is 0.556. The first kappa shape index (κ1) is 19.2. The van der Waals surface area contributed by atoms with Crippen LogP contribution in [0.1, 0.15) is 36.5 Å². The number of nitrogens with zero attached hydrogens (tertiary/aromatic N) is 1. The molecule has 3 amide bonds. The number of carbonyl (C=O) groups excluding carboxylic acids is 2. The van der Waals surface area contributed by atoms with E-state index in [1.54, 1.807) is 31.4 Å². The Morgan fingerprint density at radius 2 is 1.88 bits per heavy atom. The van der Waals surface area contributed by atoms with Crippen molar-refractivity contribution in [1.82, 2.24) is 10.2 Å². The lowest BCUT2D eigenvalue weighted by Gasteiger charge is -2.29. The van der Waals surface area contributed by atoms with E-state index in [0.29, 0.717) is 24.3 Å². The molecule has 0 aromatic heterocycles. The number of amides is 3. The molecule has 0 unspecified atom stereocenters. The van der Waals surface area contributed by atoms with Gasteiger partial charge in [-0.25, -0.2) is 4.79 Å². The third-order valence-electron chi connectivity index (χ3n) is 4.32. The Labute approximate surface area is 148 Å². The highest BCUT2D eigenvalue weighted by atomic mass is 16.5. The molecule has 0 aliphatic carbocycles. The molecule has 0 radical (unpaired) electrons. The number of methoxy groups -OCH3 is 1. The second-order valence-electron chi connectivity index (χ2n) is 6.62. The number of hydrogen-bond donors (Lipinski definition) is 3. The van der Waals surface area contributed by atoms with Gasteiger partial charge in [0.2, 0.25) is 0 Å². The summed E-state index contributed by atoms with van der Waals surface area (Å²) in [5.74, 6) is 0.0316. The number of likely N-dealkylation sites (tertiary alicyclic amines) is 1. The SMILES string of the molecule is COC[C@](C)(CCO)NC(=O)Nc1ccc(C(=O)N2CCCC2)cc1. The van der Waals surface area contributed by atoms with Crippen LogP contribution in [0.4, 0.5) is 10.5 Å². The first-order valence-corrected chi connectivity index (χ1v) is 8.56. The van der Waals surface area contributed by atoms with Crippen molar-refractivity contribution in [1.29, 1.82) is 0 Å². The molecule has 1 aliphatic heterocycles. The number of aliphatic hydroxyl groups is 1. The van der Waals surface area contributed by atoms with E-state index in [4.69, 9.17) is 9.84 Å². The molecule has 0 saturated carbocycles. The first-order chi connectivity index (χ1) is 12.0. The van der Waals surface area contributed by atoms with Crippen LogP contribution in [0.25, 0.3) is 0 Å². The second-order valence-corrected chi connectivity index (χ2v) is 6.62. The van der Waals surface area contributed by atoms with E-state index in [1.165, 1.54) is 0 Å². The van der Waals surface area contributed by atoms with Gasteiger partial charge < -0.3 is 25.4 Å². The molecular weight excluding hydrogens is 322 g/mol. The Bertz CT molecular complexity index is 576. The topological polar surface area (TPSA) is 90.9 Å². The van der Waals surface area contributed by atoms with E-state index in [0.717, 1.165) is 25.9 Å². The minimum atomic E-state index is -0.654. The largest absolute Gasteiger partial charge is 0.396 e. The molecule has 1 atom stereocenters. The fourth-order valence-corrected chi connectivity index (χ4v) is 2.97. The van der Waals surface area contributed by atoms with Crippen molar-refractivity contribution in [3.05, 3.63) is 29.8 Å². The average molecular weight is 349 g/mol. The number of carbonyl (C=O) groups is 2. The lowest BCUT2D eigenvalue weighted by molar-refractivity contribution is 0.0793. The monoisotopic (exact) mass is 349 g/mol. The molecule has 1 fully saturated rings. The normalized spacial score (nSPS) is 16.4. The molecule has 1 aromatic rings. The quantitative estimate of drug-likeness (QED) is 0.700. The number of hydrogen-bond acceptors (Lipinski definition) is 4. The molecule has 1 saturated heterocycles. The van der Waals surface area contributed by atoms with Crippen LogP contribution in [0.15, 0.2) is 24.3 Å². The molecule has 1 aromatic carbocycles. The highest BCUT2D eigenvalue weighted by Gasteiger charge is 2.26. The second kappa shape index (κ2) is 8.82. The molecule has 1 heterocycles. The van der Waals surface area contributed by atoms with Crippen LogP contribution in [-0.2, 0) is 4.74 Å². The smallest absolute Gasteiger partial charge is 0.319 e. The van der Waals surface area contributed by atoms with E-state index in [-0.39, 0.29) is 18.5 Å². The van der Waals surface area contributed by atoms with Gasteiger partial charge in [0.15, 0.2) is 0 Å². The van der Waals surface area contributed by atoms with Gasteiger partial charge in [0.05, 0.1) is 12.1 Å². The zero-order valence-corrected chi connectivity index (χ0v) is 14.9. The molecule has 7 heteroatoms. The molecule has 3 N–H and O–H groups in total. The minimum Gasteiger partial charge on any atom is -0.396 e. The number of benzene rings is 1. The highest BCUT2D eigenvalue weighted by Crippen LogP contribution is 2.16. The zero-order valence-electron chi connectivity index (χ0n) is 14.9. The van der Waals surface area contributed by atoms with Gasteiger partial charge in [-0.3, -0.25) is 4.79 Å². The Balaban J connectivity index is 1.93. The minimum absolute atomic E-state index is 0.0316. The van der Waals surface area contributed by atoms with E-state index >= 15 is 0 Å². The summed E-state index contributed by atoms with van der Waals surface area (Å²) >= 11 is 0. The van der Waals surface area contributed by atoms with Crippen LogP contribution in [0.5, 0.6) is 0 Å². The predicted octanol–water partition coefficient (Wildman–Crippen LogP) is 1.83. The molecule has 25 heavy (non-hydrogen) atoms. The average Bonchev–Trinajstić information content (AvgIpc) is 3.09. The summed E-state index contributed by atoms with van der Waals surface area (Å²) in [4.78, 5) is 26.3.